The Morgan fingerprint density at radius 1 is 0.419 bits per heavy atom. The van der Waals surface area contributed by atoms with Gasteiger partial charge in [-0.1, -0.05) is 84.9 Å². The van der Waals surface area contributed by atoms with Crippen molar-refractivity contribution in [1.82, 2.24) is 4.57 Å². The lowest BCUT2D eigenvalue weighted by atomic mass is 9.96. The van der Waals surface area contributed by atoms with Crippen molar-refractivity contribution >= 4 is 76.5 Å². The first-order valence-electron chi connectivity index (χ1n) is 14.7. The van der Waals surface area contributed by atoms with Gasteiger partial charge >= 0.3 is 0 Å². The molecule has 0 spiro atoms. The maximum absolute atomic E-state index is 6.96. The van der Waals surface area contributed by atoms with Crippen LogP contribution in [0.1, 0.15) is 0 Å². The highest BCUT2D eigenvalue weighted by Crippen LogP contribution is 2.53. The fraction of sp³-hybridized carbons (Fsp3) is 0. The van der Waals surface area contributed by atoms with Crippen molar-refractivity contribution in [2.75, 3.05) is 0 Å². The topological polar surface area (TPSA) is 31.2 Å². The molecule has 3 aromatic heterocycles. The van der Waals surface area contributed by atoms with Crippen molar-refractivity contribution in [3.8, 4) is 27.9 Å². The van der Waals surface area contributed by atoms with Crippen LogP contribution in [0.5, 0.6) is 0 Å². The van der Waals surface area contributed by atoms with Crippen LogP contribution in [0, 0.1) is 0 Å². The molecule has 0 aliphatic heterocycles. The summed E-state index contributed by atoms with van der Waals surface area (Å²) >= 11 is 0. The Bertz CT molecular complexity index is 2830. The predicted molar refractivity (Wildman–Crippen MR) is 177 cm³/mol. The molecular weight excluding hydrogens is 526 g/mol. The third-order valence-electron chi connectivity index (χ3n) is 9.49. The monoisotopic (exact) mass is 547 g/mol. The van der Waals surface area contributed by atoms with E-state index in [2.05, 4.69) is 132 Å². The molecule has 0 radical (unpaired) electrons. The minimum atomic E-state index is 0.909. The first-order valence-corrected chi connectivity index (χ1v) is 14.7. The molecule has 0 amide bonds. The number of benzene rings is 7. The smallest absolute Gasteiger partial charge is 0.160 e. The van der Waals surface area contributed by atoms with Crippen LogP contribution >= 0.6 is 0 Å². The van der Waals surface area contributed by atoms with Crippen LogP contribution < -0.4 is 0 Å². The van der Waals surface area contributed by atoms with Gasteiger partial charge in [0.1, 0.15) is 16.7 Å². The highest BCUT2D eigenvalue weighted by Gasteiger charge is 2.29. The van der Waals surface area contributed by atoms with Gasteiger partial charge in [-0.25, -0.2) is 0 Å². The number of hydrogen-bond acceptors (Lipinski definition) is 2. The van der Waals surface area contributed by atoms with Gasteiger partial charge in [0.05, 0.1) is 11.0 Å². The molecule has 1 aliphatic carbocycles. The van der Waals surface area contributed by atoms with Gasteiger partial charge in [-0.05, 0) is 70.1 Å². The van der Waals surface area contributed by atoms with Crippen molar-refractivity contribution in [2.24, 2.45) is 0 Å². The lowest BCUT2D eigenvalue weighted by Gasteiger charge is -2.11. The van der Waals surface area contributed by atoms with E-state index in [0.717, 1.165) is 39.1 Å². The second-order valence-corrected chi connectivity index (χ2v) is 11.6. The van der Waals surface area contributed by atoms with E-state index < -0.39 is 0 Å². The zero-order chi connectivity index (χ0) is 27.8. The Balaban J connectivity index is 1.43. The Morgan fingerprint density at radius 3 is 1.98 bits per heavy atom. The van der Waals surface area contributed by atoms with E-state index in [1.807, 2.05) is 0 Å². The van der Waals surface area contributed by atoms with Gasteiger partial charge in [0.25, 0.3) is 0 Å². The maximum Gasteiger partial charge on any atom is 0.160 e. The number of aromatic nitrogens is 1. The number of fused-ring (bicyclic) bond motifs is 6. The Morgan fingerprint density at radius 2 is 1.12 bits per heavy atom. The third kappa shape index (κ3) is 2.58. The Hall–Kier alpha value is -5.80. The minimum Gasteiger partial charge on any atom is -0.456 e. The lowest BCUT2D eigenvalue weighted by molar-refractivity contribution is 0.669. The standard InChI is InChI=1S/C40H21NO2/c1-2-9-22(10-3-1)23-11-6-12-24(21-23)41-29-16-5-4-13-27(29)33-28-19-20-32-37-34-25(14-7-17-30(34)42-32)26-15-8-18-31-35(26)38(36(28)37)40(43-31)39(33)41/h1-21H. The summed E-state index contributed by atoms with van der Waals surface area (Å²) in [5.74, 6) is 0. The number of furan rings is 2. The van der Waals surface area contributed by atoms with Crippen LogP contribution in [0.2, 0.25) is 0 Å². The van der Waals surface area contributed by atoms with Crippen molar-refractivity contribution in [3.05, 3.63) is 127 Å². The fourth-order valence-electron chi connectivity index (χ4n) is 7.83. The first kappa shape index (κ1) is 21.9. The molecule has 198 valence electrons. The third-order valence-corrected chi connectivity index (χ3v) is 9.49. The van der Waals surface area contributed by atoms with E-state index in [-0.39, 0.29) is 0 Å². The van der Waals surface area contributed by atoms with Crippen LogP contribution in [0.3, 0.4) is 0 Å². The number of nitrogens with zero attached hydrogens (tertiary/aromatic N) is 1. The van der Waals surface area contributed by atoms with Crippen molar-refractivity contribution in [1.29, 1.82) is 0 Å². The molecule has 0 fully saturated rings. The van der Waals surface area contributed by atoms with E-state index in [9.17, 15) is 0 Å². The highest BCUT2D eigenvalue weighted by molar-refractivity contribution is 6.44. The summed E-state index contributed by atoms with van der Waals surface area (Å²) in [6.07, 6.45) is 0. The summed E-state index contributed by atoms with van der Waals surface area (Å²) in [6, 6.07) is 45.4. The van der Waals surface area contributed by atoms with Crippen LogP contribution in [-0.2, 0) is 0 Å². The molecule has 43 heavy (non-hydrogen) atoms. The molecule has 3 heteroatoms. The van der Waals surface area contributed by atoms with Crippen molar-refractivity contribution in [3.63, 3.8) is 0 Å². The van der Waals surface area contributed by atoms with Gasteiger partial charge in [-0.3, -0.25) is 0 Å². The molecule has 0 N–H and O–H groups in total. The van der Waals surface area contributed by atoms with Crippen LogP contribution in [-0.4, -0.2) is 4.57 Å². The molecule has 0 unspecified atom stereocenters. The van der Waals surface area contributed by atoms with E-state index >= 15 is 0 Å². The summed E-state index contributed by atoms with van der Waals surface area (Å²) in [4.78, 5) is 0. The van der Waals surface area contributed by atoms with Gasteiger partial charge in [0, 0.05) is 43.4 Å². The van der Waals surface area contributed by atoms with Crippen LogP contribution in [0.4, 0.5) is 0 Å². The van der Waals surface area contributed by atoms with E-state index in [0.29, 0.717) is 0 Å². The normalized spacial score (nSPS) is 12.7. The molecule has 0 bridgehead atoms. The van der Waals surface area contributed by atoms with E-state index in [1.165, 1.54) is 65.3 Å². The largest absolute Gasteiger partial charge is 0.456 e. The molecule has 3 heterocycles. The van der Waals surface area contributed by atoms with Gasteiger partial charge in [-0.15, -0.1) is 0 Å². The number of para-hydroxylation sites is 1. The summed E-state index contributed by atoms with van der Waals surface area (Å²) < 4.78 is 15.8. The molecule has 11 rings (SSSR count). The summed E-state index contributed by atoms with van der Waals surface area (Å²) in [5.41, 5.74) is 11.8. The van der Waals surface area contributed by atoms with Gasteiger partial charge in [0.2, 0.25) is 0 Å². The molecule has 0 atom stereocenters. The van der Waals surface area contributed by atoms with Gasteiger partial charge < -0.3 is 13.4 Å². The maximum atomic E-state index is 6.96. The second-order valence-electron chi connectivity index (χ2n) is 11.6. The van der Waals surface area contributed by atoms with E-state index in [4.69, 9.17) is 8.83 Å². The second kappa shape index (κ2) is 7.53. The number of hydrogen-bond donors (Lipinski definition) is 0. The van der Waals surface area contributed by atoms with E-state index in [1.54, 1.807) is 0 Å². The zero-order valence-electron chi connectivity index (χ0n) is 22.9. The average Bonchev–Trinajstić information content (AvgIpc) is 3.72. The summed E-state index contributed by atoms with van der Waals surface area (Å²) in [5, 5.41) is 9.57. The summed E-state index contributed by atoms with van der Waals surface area (Å²) in [7, 11) is 0. The van der Waals surface area contributed by atoms with Crippen molar-refractivity contribution in [2.45, 2.75) is 0 Å². The molecular formula is C40H21NO2. The lowest BCUT2D eigenvalue weighted by Crippen LogP contribution is -1.95. The molecule has 7 aromatic carbocycles. The highest BCUT2D eigenvalue weighted by atomic mass is 16.3. The molecule has 0 saturated carbocycles. The number of rotatable bonds is 2. The van der Waals surface area contributed by atoms with Gasteiger partial charge in [-0.2, -0.15) is 0 Å². The predicted octanol–water partition coefficient (Wildman–Crippen LogP) is 11.4. The van der Waals surface area contributed by atoms with Crippen LogP contribution in [0.25, 0.3) is 104 Å². The quantitative estimate of drug-likeness (QED) is 0.215. The molecule has 10 aromatic rings. The molecule has 0 saturated heterocycles. The first-order chi connectivity index (χ1) is 21.3. The van der Waals surface area contributed by atoms with Crippen molar-refractivity contribution < 1.29 is 8.83 Å². The molecule has 3 nitrogen and oxygen atoms in total. The Labute approximate surface area is 244 Å². The summed E-state index contributed by atoms with van der Waals surface area (Å²) in [6.45, 7) is 0. The SMILES string of the molecule is c1ccc(-c2cccc(-n3c4ccccc4c4c5ccc6oc7cccc8c7c6c5c5c(oc6cccc-8c65)c43)c2)cc1. The minimum absolute atomic E-state index is 0.909. The van der Waals surface area contributed by atoms with Crippen LogP contribution in [0.15, 0.2) is 136 Å². The Kier molecular flexibility index (Phi) is 3.83. The molecule has 1 aliphatic rings. The fourth-order valence-corrected chi connectivity index (χ4v) is 7.83. The average molecular weight is 548 g/mol. The zero-order valence-corrected chi connectivity index (χ0v) is 22.9. The van der Waals surface area contributed by atoms with Gasteiger partial charge in [0.15, 0.2) is 5.58 Å².